The minimum Gasteiger partial charge on any atom is -0.361 e. The lowest BCUT2D eigenvalue weighted by atomic mass is 9.54. The zero-order valence-electron chi connectivity index (χ0n) is 13.9. The molecule has 0 radical (unpaired) electrons. The van der Waals surface area contributed by atoms with Gasteiger partial charge in [0.2, 0.25) is 0 Å². The van der Waals surface area contributed by atoms with Gasteiger partial charge in [-0.15, -0.1) is 0 Å². The molecule has 1 aromatic carbocycles. The molecule has 1 spiro atoms. The largest absolute Gasteiger partial charge is 0.361 e. The number of hydrogen-bond acceptors (Lipinski definition) is 3. The molecular weight excluding hydrogens is 284 g/mol. The number of hydrogen-bond donors (Lipinski definition) is 0. The van der Waals surface area contributed by atoms with Gasteiger partial charge in [-0.2, -0.15) is 0 Å². The van der Waals surface area contributed by atoms with Crippen LogP contribution in [0.3, 0.4) is 0 Å². The lowest BCUT2D eigenvalue weighted by Gasteiger charge is -2.59. The molecule has 0 amide bonds. The van der Waals surface area contributed by atoms with E-state index in [-0.39, 0.29) is 0 Å². The third kappa shape index (κ3) is 1.37. The second kappa shape index (κ2) is 4.31. The van der Waals surface area contributed by atoms with E-state index in [2.05, 4.69) is 41.0 Å². The van der Waals surface area contributed by atoms with Gasteiger partial charge in [-0.05, 0) is 42.9 Å². The third-order valence-corrected chi connectivity index (χ3v) is 8.02. The Labute approximate surface area is 138 Å². The van der Waals surface area contributed by atoms with Crippen LogP contribution in [0.1, 0.15) is 31.7 Å². The molecule has 0 N–H and O–H groups in total. The fourth-order valence-electron chi connectivity index (χ4n) is 7.26. The Morgan fingerprint density at radius 2 is 2.17 bits per heavy atom. The van der Waals surface area contributed by atoms with E-state index in [0.29, 0.717) is 11.5 Å². The lowest BCUT2D eigenvalue weighted by molar-refractivity contribution is -0.0817. The minimum absolute atomic E-state index is 0.389. The molecular formula is C20H26N2O. The van der Waals surface area contributed by atoms with Crippen molar-refractivity contribution in [2.45, 2.75) is 43.7 Å². The maximum atomic E-state index is 6.13. The van der Waals surface area contributed by atoms with Crippen LogP contribution in [0.15, 0.2) is 24.3 Å². The summed E-state index contributed by atoms with van der Waals surface area (Å²) in [5.41, 5.74) is 3.51. The number of ether oxygens (including phenoxy) is 1. The molecule has 4 heterocycles. The van der Waals surface area contributed by atoms with Gasteiger partial charge < -0.3 is 9.64 Å². The van der Waals surface area contributed by atoms with Crippen molar-refractivity contribution in [2.24, 2.45) is 17.8 Å². The Kier molecular flexibility index (Phi) is 2.49. The molecule has 3 saturated heterocycles. The third-order valence-electron chi connectivity index (χ3n) is 8.02. The Morgan fingerprint density at radius 1 is 1.26 bits per heavy atom. The van der Waals surface area contributed by atoms with Gasteiger partial charge in [0.05, 0.1) is 6.61 Å². The van der Waals surface area contributed by atoms with Crippen molar-refractivity contribution in [1.82, 2.24) is 4.90 Å². The quantitative estimate of drug-likeness (QED) is 0.793. The molecule has 6 atom stereocenters. The molecule has 1 aromatic rings. The number of benzene rings is 1. The van der Waals surface area contributed by atoms with Crippen LogP contribution >= 0.6 is 0 Å². The summed E-state index contributed by atoms with van der Waals surface area (Å²) in [4.78, 5) is 5.50. The average Bonchev–Trinajstić information content (AvgIpc) is 3.14. The van der Waals surface area contributed by atoms with Crippen LogP contribution in [0.4, 0.5) is 5.69 Å². The lowest BCUT2D eigenvalue weighted by Crippen LogP contribution is -2.68. The first kappa shape index (κ1) is 13.3. The van der Waals surface area contributed by atoms with Crippen molar-refractivity contribution in [1.29, 1.82) is 0 Å². The molecule has 3 heteroatoms. The first-order valence-corrected chi connectivity index (χ1v) is 9.52. The molecule has 23 heavy (non-hydrogen) atoms. The van der Waals surface area contributed by atoms with Gasteiger partial charge in [0.25, 0.3) is 0 Å². The summed E-state index contributed by atoms with van der Waals surface area (Å²) < 4.78 is 6.13. The standard InChI is InChI=1S/C20H26N2O/c1-2-13-10-21-8-7-20-16-5-3-4-6-17(16)22-12-23-11-15(19(20)22)14(13)9-18(20)21/h3-6,13-15,18-19H,2,7-12H2,1H3/t13-,14?,15+,18?,19?,20-/m1/s1. The molecule has 122 valence electrons. The van der Waals surface area contributed by atoms with E-state index in [1.165, 1.54) is 38.0 Å². The highest BCUT2D eigenvalue weighted by Crippen LogP contribution is 2.64. The summed E-state index contributed by atoms with van der Waals surface area (Å²) in [5, 5.41) is 0. The van der Waals surface area contributed by atoms with E-state index in [1.807, 2.05) is 0 Å². The second-order valence-electron chi connectivity index (χ2n) is 8.46. The van der Waals surface area contributed by atoms with E-state index < -0.39 is 0 Å². The van der Waals surface area contributed by atoms with Gasteiger partial charge in [-0.1, -0.05) is 31.5 Å². The van der Waals surface area contributed by atoms with Crippen LogP contribution in [0.25, 0.3) is 0 Å². The van der Waals surface area contributed by atoms with Gasteiger partial charge in [-0.3, -0.25) is 4.90 Å². The first-order valence-electron chi connectivity index (χ1n) is 9.52. The van der Waals surface area contributed by atoms with Crippen LogP contribution in [0.5, 0.6) is 0 Å². The Hall–Kier alpha value is -1.06. The zero-order chi connectivity index (χ0) is 15.2. The first-order chi connectivity index (χ1) is 11.3. The summed E-state index contributed by atoms with van der Waals surface area (Å²) in [6.07, 6.45) is 4.10. The highest BCUT2D eigenvalue weighted by molar-refractivity contribution is 5.67. The highest BCUT2D eigenvalue weighted by atomic mass is 16.5. The molecule has 5 aliphatic rings. The molecule has 3 unspecified atom stereocenters. The van der Waals surface area contributed by atoms with Crippen LogP contribution in [-0.2, 0) is 10.2 Å². The normalized spacial score (nSPS) is 46.7. The van der Waals surface area contributed by atoms with E-state index in [9.17, 15) is 0 Å². The van der Waals surface area contributed by atoms with Gasteiger partial charge in [-0.25, -0.2) is 0 Å². The SMILES string of the molecule is CC[C@@H]1CN2CC[C@@]34c5ccccc5N5COC[C@@H](C1CC23)C54. The van der Waals surface area contributed by atoms with Crippen LogP contribution < -0.4 is 4.90 Å². The van der Waals surface area contributed by atoms with Crippen molar-refractivity contribution >= 4 is 5.69 Å². The Morgan fingerprint density at radius 3 is 3.09 bits per heavy atom. The summed E-state index contributed by atoms with van der Waals surface area (Å²) >= 11 is 0. The molecule has 0 aromatic heterocycles. The van der Waals surface area contributed by atoms with E-state index in [4.69, 9.17) is 4.74 Å². The number of rotatable bonds is 1. The summed E-state index contributed by atoms with van der Waals surface area (Å²) in [6, 6.07) is 10.7. The number of piperidine rings is 1. The molecule has 4 fully saturated rings. The Balaban J connectivity index is 1.59. The summed E-state index contributed by atoms with van der Waals surface area (Å²) in [5.74, 6) is 2.48. The predicted molar refractivity (Wildman–Crippen MR) is 90.6 cm³/mol. The van der Waals surface area contributed by atoms with Crippen molar-refractivity contribution < 1.29 is 4.74 Å². The monoisotopic (exact) mass is 310 g/mol. The van der Waals surface area contributed by atoms with Crippen LogP contribution in [0, 0.1) is 17.8 Å². The average molecular weight is 310 g/mol. The number of para-hydroxylation sites is 1. The molecule has 3 nitrogen and oxygen atoms in total. The van der Waals surface area contributed by atoms with Crippen molar-refractivity contribution in [3.63, 3.8) is 0 Å². The molecule has 6 rings (SSSR count). The van der Waals surface area contributed by atoms with Gasteiger partial charge in [0.15, 0.2) is 0 Å². The minimum atomic E-state index is 0.389. The van der Waals surface area contributed by atoms with Crippen molar-refractivity contribution in [3.8, 4) is 0 Å². The predicted octanol–water partition coefficient (Wildman–Crippen LogP) is 2.85. The second-order valence-corrected chi connectivity index (χ2v) is 8.46. The smallest absolute Gasteiger partial charge is 0.119 e. The maximum Gasteiger partial charge on any atom is 0.119 e. The van der Waals surface area contributed by atoms with Crippen molar-refractivity contribution in [3.05, 3.63) is 29.8 Å². The summed E-state index contributed by atoms with van der Waals surface area (Å²) in [6.45, 7) is 6.83. The topological polar surface area (TPSA) is 15.7 Å². The summed E-state index contributed by atoms with van der Waals surface area (Å²) in [7, 11) is 0. The number of nitrogens with zero attached hydrogens (tertiary/aromatic N) is 2. The van der Waals surface area contributed by atoms with Gasteiger partial charge in [0, 0.05) is 35.6 Å². The number of fused-ring (bicyclic) bond motifs is 4. The van der Waals surface area contributed by atoms with E-state index in [0.717, 1.165) is 37.1 Å². The Bertz CT molecular complexity index is 661. The fourth-order valence-corrected chi connectivity index (χ4v) is 7.26. The van der Waals surface area contributed by atoms with E-state index >= 15 is 0 Å². The molecule has 4 aliphatic heterocycles. The van der Waals surface area contributed by atoms with E-state index in [1.54, 1.807) is 5.56 Å². The van der Waals surface area contributed by atoms with Gasteiger partial charge >= 0.3 is 0 Å². The number of anilines is 1. The van der Waals surface area contributed by atoms with Crippen molar-refractivity contribution in [2.75, 3.05) is 31.3 Å². The van der Waals surface area contributed by atoms with Gasteiger partial charge in [0.1, 0.15) is 6.73 Å². The molecule has 1 aliphatic carbocycles. The zero-order valence-corrected chi connectivity index (χ0v) is 13.9. The van der Waals surface area contributed by atoms with Crippen LogP contribution in [-0.4, -0.2) is 43.4 Å². The van der Waals surface area contributed by atoms with Crippen LogP contribution in [0.2, 0.25) is 0 Å². The highest BCUT2D eigenvalue weighted by Gasteiger charge is 2.68. The maximum absolute atomic E-state index is 6.13. The fraction of sp³-hybridized carbons (Fsp3) is 0.700. The molecule has 2 bridgehead atoms. The molecule has 1 saturated carbocycles.